The highest BCUT2D eigenvalue weighted by Crippen LogP contribution is 2.32. The Hall–Kier alpha value is -2.73. The molecule has 0 saturated carbocycles. The molecule has 0 aliphatic carbocycles. The summed E-state index contributed by atoms with van der Waals surface area (Å²) in [6.07, 6.45) is 3.20. The van der Waals surface area contributed by atoms with E-state index in [-0.39, 0.29) is 5.91 Å². The van der Waals surface area contributed by atoms with Crippen molar-refractivity contribution in [2.24, 2.45) is 0 Å². The maximum atomic E-state index is 13.6. The van der Waals surface area contributed by atoms with Gasteiger partial charge >= 0.3 is 0 Å². The molecule has 0 unspecified atom stereocenters. The van der Waals surface area contributed by atoms with Crippen molar-refractivity contribution >= 4 is 5.91 Å². The summed E-state index contributed by atoms with van der Waals surface area (Å²) in [5.74, 6) is 2.52. The number of carbonyl (C=O) groups excluding carboxylic acids is 1. The van der Waals surface area contributed by atoms with Crippen LogP contribution in [-0.4, -0.2) is 61.2 Å². The van der Waals surface area contributed by atoms with E-state index in [1.165, 1.54) is 6.42 Å². The average Bonchev–Trinajstić information content (AvgIpc) is 3.46. The number of hydrogen-bond donors (Lipinski definition) is 0. The molecule has 1 saturated heterocycles. The molecule has 1 amide bonds. The first-order chi connectivity index (χ1) is 15.2. The third-order valence-corrected chi connectivity index (χ3v) is 6.54. The van der Waals surface area contributed by atoms with E-state index in [9.17, 15) is 4.79 Å². The molecule has 0 bridgehead atoms. The fraction of sp³-hybridized carbons (Fsp3) is 0.480. The molecule has 31 heavy (non-hydrogen) atoms. The van der Waals surface area contributed by atoms with E-state index in [0.717, 1.165) is 66.4 Å². The highest BCUT2D eigenvalue weighted by atomic mass is 16.6. The monoisotopic (exact) mass is 422 g/mol. The van der Waals surface area contributed by atoms with Crippen molar-refractivity contribution in [3.05, 3.63) is 53.1 Å². The summed E-state index contributed by atoms with van der Waals surface area (Å²) >= 11 is 0. The Bertz CT molecular complexity index is 961. The van der Waals surface area contributed by atoms with Gasteiger partial charge in [-0.05, 0) is 67.4 Å². The highest BCUT2D eigenvalue weighted by Gasteiger charge is 2.28. The van der Waals surface area contributed by atoms with Crippen molar-refractivity contribution in [2.75, 3.05) is 39.5 Å². The number of benzene rings is 2. The largest absolute Gasteiger partial charge is 0.493 e. The van der Waals surface area contributed by atoms with Gasteiger partial charge in [0.1, 0.15) is 19.0 Å². The molecule has 1 atom stereocenters. The first-order valence-corrected chi connectivity index (χ1v) is 11.4. The number of likely N-dealkylation sites (N-methyl/N-ethyl adjacent to an activating group) is 1. The summed E-state index contributed by atoms with van der Waals surface area (Å²) < 4.78 is 17.0. The van der Waals surface area contributed by atoms with E-state index >= 15 is 0 Å². The number of hydrogen-bond acceptors (Lipinski definition) is 5. The second-order valence-corrected chi connectivity index (χ2v) is 8.51. The molecule has 0 N–H and O–H groups in total. The maximum Gasteiger partial charge on any atom is 0.254 e. The van der Waals surface area contributed by atoms with Crippen molar-refractivity contribution in [3.63, 3.8) is 0 Å². The van der Waals surface area contributed by atoms with E-state index in [1.807, 2.05) is 41.3 Å². The Morgan fingerprint density at radius 3 is 2.71 bits per heavy atom. The van der Waals surface area contributed by atoms with Crippen molar-refractivity contribution in [1.82, 2.24) is 9.80 Å². The fourth-order valence-electron chi connectivity index (χ4n) is 4.90. The Morgan fingerprint density at radius 1 is 1.03 bits per heavy atom. The zero-order chi connectivity index (χ0) is 21.2. The molecule has 5 rings (SSSR count). The Labute approximate surface area is 183 Å². The molecule has 1 fully saturated rings. The Balaban J connectivity index is 1.40. The molecule has 2 aromatic rings. The van der Waals surface area contributed by atoms with Crippen molar-refractivity contribution < 1.29 is 19.0 Å². The van der Waals surface area contributed by atoms with Gasteiger partial charge in [0.25, 0.3) is 5.91 Å². The van der Waals surface area contributed by atoms with Gasteiger partial charge in [-0.3, -0.25) is 9.69 Å². The van der Waals surface area contributed by atoms with Crippen LogP contribution in [0.3, 0.4) is 0 Å². The summed E-state index contributed by atoms with van der Waals surface area (Å²) in [6.45, 7) is 7.45. The molecule has 3 aliphatic heterocycles. The van der Waals surface area contributed by atoms with Crippen LogP contribution in [0.2, 0.25) is 0 Å². The lowest BCUT2D eigenvalue weighted by molar-refractivity contribution is 0.0691. The van der Waals surface area contributed by atoms with Crippen molar-refractivity contribution in [3.8, 4) is 17.2 Å². The summed E-state index contributed by atoms with van der Waals surface area (Å²) in [6, 6.07) is 12.2. The normalized spacial score (nSPS) is 19.7. The zero-order valence-corrected chi connectivity index (χ0v) is 18.1. The molecule has 6 heteroatoms. The number of ether oxygens (including phenoxy) is 3. The van der Waals surface area contributed by atoms with Crippen molar-refractivity contribution in [1.29, 1.82) is 0 Å². The number of amides is 1. The Morgan fingerprint density at radius 2 is 1.84 bits per heavy atom. The molecule has 2 aromatic carbocycles. The van der Waals surface area contributed by atoms with Crippen LogP contribution in [0.1, 0.15) is 41.3 Å². The van der Waals surface area contributed by atoms with E-state index in [1.54, 1.807) is 0 Å². The van der Waals surface area contributed by atoms with Gasteiger partial charge in [-0.25, -0.2) is 0 Å². The van der Waals surface area contributed by atoms with E-state index < -0.39 is 0 Å². The fourth-order valence-corrected chi connectivity index (χ4v) is 4.90. The lowest BCUT2D eigenvalue weighted by atomic mass is 10.1. The SMILES string of the molecule is CCN1CCC[C@@H]1CN(Cc1ccc2c(c1)OCCO2)C(=O)c1ccc2c(c1)CCO2. The Kier molecular flexibility index (Phi) is 5.72. The summed E-state index contributed by atoms with van der Waals surface area (Å²) in [7, 11) is 0. The van der Waals surface area contributed by atoms with Gasteiger partial charge < -0.3 is 19.1 Å². The number of fused-ring (bicyclic) bond motifs is 2. The first kappa shape index (κ1) is 20.2. The van der Waals surface area contributed by atoms with Gasteiger partial charge in [0.05, 0.1) is 6.61 Å². The van der Waals surface area contributed by atoms with Crippen LogP contribution in [0.4, 0.5) is 0 Å². The minimum absolute atomic E-state index is 0.0764. The van der Waals surface area contributed by atoms with Gasteiger partial charge in [0, 0.05) is 31.1 Å². The average molecular weight is 423 g/mol. The third-order valence-electron chi connectivity index (χ3n) is 6.54. The molecule has 3 heterocycles. The number of carbonyl (C=O) groups is 1. The van der Waals surface area contributed by atoms with Crippen LogP contribution in [0, 0.1) is 0 Å². The van der Waals surface area contributed by atoms with E-state index in [0.29, 0.717) is 32.4 Å². The summed E-state index contributed by atoms with van der Waals surface area (Å²) in [5.41, 5.74) is 2.92. The molecule has 6 nitrogen and oxygen atoms in total. The standard InChI is InChI=1S/C25H30N2O4/c1-2-26-10-3-4-21(26)17-27(16-18-5-7-23-24(14-18)31-13-12-30-23)25(28)20-6-8-22-19(15-20)9-11-29-22/h5-8,14-15,21H,2-4,9-13,16-17H2,1H3/t21-/m1/s1. The smallest absolute Gasteiger partial charge is 0.254 e. The van der Waals surface area contributed by atoms with Crippen LogP contribution in [-0.2, 0) is 13.0 Å². The quantitative estimate of drug-likeness (QED) is 0.713. The predicted octanol–water partition coefficient (Wildman–Crippen LogP) is 3.52. The van der Waals surface area contributed by atoms with Crippen LogP contribution < -0.4 is 14.2 Å². The molecule has 164 valence electrons. The summed E-state index contributed by atoms with van der Waals surface area (Å²) in [5, 5.41) is 0. The second-order valence-electron chi connectivity index (χ2n) is 8.51. The number of rotatable bonds is 6. The number of likely N-dealkylation sites (tertiary alicyclic amines) is 1. The lowest BCUT2D eigenvalue weighted by Gasteiger charge is -2.31. The van der Waals surface area contributed by atoms with Gasteiger partial charge in [-0.15, -0.1) is 0 Å². The summed E-state index contributed by atoms with van der Waals surface area (Å²) in [4.78, 5) is 18.1. The predicted molar refractivity (Wildman–Crippen MR) is 118 cm³/mol. The van der Waals surface area contributed by atoms with Gasteiger partial charge in [0.2, 0.25) is 0 Å². The molecular formula is C25H30N2O4. The topological polar surface area (TPSA) is 51.2 Å². The van der Waals surface area contributed by atoms with Crippen LogP contribution >= 0.6 is 0 Å². The molecular weight excluding hydrogens is 392 g/mol. The second kappa shape index (κ2) is 8.79. The van der Waals surface area contributed by atoms with E-state index in [2.05, 4.69) is 11.8 Å². The zero-order valence-electron chi connectivity index (χ0n) is 18.1. The van der Waals surface area contributed by atoms with E-state index in [4.69, 9.17) is 14.2 Å². The highest BCUT2D eigenvalue weighted by molar-refractivity contribution is 5.94. The number of nitrogens with zero attached hydrogens (tertiary/aromatic N) is 2. The first-order valence-electron chi connectivity index (χ1n) is 11.4. The van der Waals surface area contributed by atoms with Crippen molar-refractivity contribution in [2.45, 2.75) is 38.8 Å². The van der Waals surface area contributed by atoms with Gasteiger partial charge in [0.15, 0.2) is 11.5 Å². The third kappa shape index (κ3) is 4.22. The lowest BCUT2D eigenvalue weighted by Crippen LogP contribution is -2.42. The van der Waals surface area contributed by atoms with Crippen LogP contribution in [0.15, 0.2) is 36.4 Å². The van der Waals surface area contributed by atoms with Gasteiger partial charge in [-0.2, -0.15) is 0 Å². The molecule has 3 aliphatic rings. The van der Waals surface area contributed by atoms with Crippen LogP contribution in [0.25, 0.3) is 0 Å². The molecule has 0 radical (unpaired) electrons. The molecule has 0 spiro atoms. The molecule has 0 aromatic heterocycles. The minimum Gasteiger partial charge on any atom is -0.493 e. The van der Waals surface area contributed by atoms with Gasteiger partial charge in [-0.1, -0.05) is 13.0 Å². The maximum absolute atomic E-state index is 13.6. The minimum atomic E-state index is 0.0764. The van der Waals surface area contributed by atoms with Crippen LogP contribution in [0.5, 0.6) is 17.2 Å².